The van der Waals surface area contributed by atoms with Crippen LogP contribution in [-0.2, 0) is 16.0 Å². The number of hydrogen-bond donors (Lipinski definition) is 0. The SMILES string of the molecule is Cc1nc(C(=O)N2CCOC3(CCCCc4ccccc4OCCN(C)C3=O)C2)co1. The molecule has 4 rings (SSSR count). The van der Waals surface area contributed by atoms with Crippen molar-refractivity contribution >= 4 is 11.8 Å². The smallest absolute Gasteiger partial charge is 0.276 e. The zero-order valence-corrected chi connectivity index (χ0v) is 18.1. The fourth-order valence-electron chi connectivity index (χ4n) is 4.29. The molecule has 2 aliphatic rings. The van der Waals surface area contributed by atoms with E-state index in [9.17, 15) is 9.59 Å². The van der Waals surface area contributed by atoms with E-state index >= 15 is 0 Å². The topological polar surface area (TPSA) is 85.1 Å². The van der Waals surface area contributed by atoms with Crippen molar-refractivity contribution in [3.05, 3.63) is 47.7 Å². The van der Waals surface area contributed by atoms with Gasteiger partial charge in [0.15, 0.2) is 17.2 Å². The molecule has 1 spiro atoms. The molecule has 2 aliphatic heterocycles. The summed E-state index contributed by atoms with van der Waals surface area (Å²) in [5, 5.41) is 0. The number of para-hydroxylation sites is 1. The average molecular weight is 428 g/mol. The lowest BCUT2D eigenvalue weighted by Crippen LogP contribution is -2.61. The van der Waals surface area contributed by atoms with Crippen LogP contribution in [0, 0.1) is 6.92 Å². The van der Waals surface area contributed by atoms with Crippen LogP contribution < -0.4 is 4.74 Å². The number of rotatable bonds is 1. The molecule has 0 aliphatic carbocycles. The first kappa shape index (κ1) is 21.4. The van der Waals surface area contributed by atoms with E-state index in [0.717, 1.165) is 25.0 Å². The van der Waals surface area contributed by atoms with Gasteiger partial charge in [-0.3, -0.25) is 9.59 Å². The van der Waals surface area contributed by atoms with Crippen molar-refractivity contribution in [2.24, 2.45) is 0 Å². The van der Waals surface area contributed by atoms with Crippen molar-refractivity contribution in [2.75, 3.05) is 39.9 Å². The third-order valence-electron chi connectivity index (χ3n) is 5.98. The van der Waals surface area contributed by atoms with Gasteiger partial charge >= 0.3 is 0 Å². The lowest BCUT2D eigenvalue weighted by Gasteiger charge is -2.43. The lowest BCUT2D eigenvalue weighted by atomic mass is 9.91. The molecule has 1 aromatic carbocycles. The highest BCUT2D eigenvalue weighted by Gasteiger charge is 2.46. The van der Waals surface area contributed by atoms with Gasteiger partial charge in [0.05, 0.1) is 19.7 Å². The van der Waals surface area contributed by atoms with Gasteiger partial charge in [-0.05, 0) is 37.3 Å². The van der Waals surface area contributed by atoms with Crippen molar-refractivity contribution in [3.63, 3.8) is 0 Å². The van der Waals surface area contributed by atoms with E-state index < -0.39 is 5.60 Å². The number of carbonyl (C=O) groups excluding carboxylic acids is 2. The number of amides is 2. The quantitative estimate of drug-likeness (QED) is 0.695. The summed E-state index contributed by atoms with van der Waals surface area (Å²) in [6.07, 6.45) is 4.50. The molecule has 1 atom stereocenters. The highest BCUT2D eigenvalue weighted by Crippen LogP contribution is 2.29. The van der Waals surface area contributed by atoms with Crippen LogP contribution in [0.25, 0.3) is 0 Å². The molecule has 0 N–H and O–H groups in total. The van der Waals surface area contributed by atoms with E-state index in [1.165, 1.54) is 11.8 Å². The summed E-state index contributed by atoms with van der Waals surface area (Å²) in [7, 11) is 1.76. The maximum Gasteiger partial charge on any atom is 0.276 e. The molecule has 2 aromatic rings. The Morgan fingerprint density at radius 3 is 2.81 bits per heavy atom. The van der Waals surface area contributed by atoms with E-state index in [1.54, 1.807) is 23.8 Å². The van der Waals surface area contributed by atoms with E-state index in [2.05, 4.69) is 11.1 Å². The molecule has 2 amide bonds. The molecule has 0 bridgehead atoms. The predicted molar refractivity (Wildman–Crippen MR) is 113 cm³/mol. The first-order valence-corrected chi connectivity index (χ1v) is 10.8. The van der Waals surface area contributed by atoms with E-state index in [1.807, 2.05) is 18.2 Å². The zero-order chi connectivity index (χ0) is 21.8. The van der Waals surface area contributed by atoms with Crippen LogP contribution in [0.15, 0.2) is 34.9 Å². The maximum absolute atomic E-state index is 13.5. The highest BCUT2D eigenvalue weighted by molar-refractivity contribution is 5.93. The monoisotopic (exact) mass is 427 g/mol. The number of carbonyl (C=O) groups is 2. The Morgan fingerprint density at radius 2 is 2.00 bits per heavy atom. The van der Waals surface area contributed by atoms with Gasteiger partial charge in [-0.25, -0.2) is 4.98 Å². The number of hydrogen-bond acceptors (Lipinski definition) is 6. The minimum absolute atomic E-state index is 0.112. The normalized spacial score (nSPS) is 23.0. The van der Waals surface area contributed by atoms with Crippen molar-refractivity contribution in [1.82, 2.24) is 14.8 Å². The standard InChI is InChI=1S/C23H29N3O5/c1-17-24-19(15-30-17)21(27)26-12-14-31-23(16-26)10-6-5-8-18-7-3-4-9-20(18)29-13-11-25(2)22(23)28/h3-4,7,9,15H,5-6,8,10-14,16H2,1-2H3. The highest BCUT2D eigenvalue weighted by atomic mass is 16.5. The summed E-state index contributed by atoms with van der Waals surface area (Å²) < 4.78 is 17.3. The molecule has 0 radical (unpaired) electrons. The third kappa shape index (κ3) is 4.58. The molecule has 1 unspecified atom stereocenters. The van der Waals surface area contributed by atoms with Gasteiger partial charge in [-0.1, -0.05) is 18.2 Å². The minimum Gasteiger partial charge on any atom is -0.491 e. The number of ether oxygens (including phenoxy) is 2. The van der Waals surface area contributed by atoms with Gasteiger partial charge < -0.3 is 23.7 Å². The van der Waals surface area contributed by atoms with Crippen LogP contribution in [0.3, 0.4) is 0 Å². The first-order chi connectivity index (χ1) is 15.0. The Kier molecular flexibility index (Phi) is 6.27. The van der Waals surface area contributed by atoms with Crippen LogP contribution in [-0.4, -0.2) is 72.1 Å². The van der Waals surface area contributed by atoms with Gasteiger partial charge in [0.2, 0.25) is 0 Å². The average Bonchev–Trinajstić information content (AvgIpc) is 3.22. The summed E-state index contributed by atoms with van der Waals surface area (Å²) >= 11 is 0. The fourth-order valence-corrected chi connectivity index (χ4v) is 4.29. The van der Waals surface area contributed by atoms with Crippen LogP contribution in [0.5, 0.6) is 5.75 Å². The minimum atomic E-state index is -1.06. The maximum atomic E-state index is 13.5. The van der Waals surface area contributed by atoms with E-state index in [0.29, 0.717) is 38.6 Å². The van der Waals surface area contributed by atoms with E-state index in [-0.39, 0.29) is 24.1 Å². The molecule has 8 nitrogen and oxygen atoms in total. The summed E-state index contributed by atoms with van der Waals surface area (Å²) in [4.78, 5) is 33.9. The van der Waals surface area contributed by atoms with Crippen molar-refractivity contribution in [1.29, 1.82) is 0 Å². The Labute approximate surface area is 182 Å². The molecule has 1 aromatic heterocycles. The number of fused-ring (bicyclic) bond motifs is 1. The number of oxazole rings is 1. The molecule has 31 heavy (non-hydrogen) atoms. The van der Waals surface area contributed by atoms with Gasteiger partial charge in [0.1, 0.15) is 18.6 Å². The Balaban J connectivity index is 1.54. The number of aromatic nitrogens is 1. The fraction of sp³-hybridized carbons (Fsp3) is 0.522. The zero-order valence-electron chi connectivity index (χ0n) is 18.1. The van der Waals surface area contributed by atoms with Crippen molar-refractivity contribution in [2.45, 2.75) is 38.2 Å². The summed E-state index contributed by atoms with van der Waals surface area (Å²) in [5.41, 5.74) is 0.377. The predicted octanol–water partition coefficient (Wildman–Crippen LogP) is 2.46. The molecule has 0 saturated carbocycles. The van der Waals surface area contributed by atoms with Gasteiger partial charge in [-0.15, -0.1) is 0 Å². The summed E-state index contributed by atoms with van der Waals surface area (Å²) in [6.45, 7) is 3.47. The van der Waals surface area contributed by atoms with Gasteiger partial charge in [-0.2, -0.15) is 0 Å². The first-order valence-electron chi connectivity index (χ1n) is 10.8. The molecule has 1 fully saturated rings. The van der Waals surface area contributed by atoms with Crippen LogP contribution >= 0.6 is 0 Å². The van der Waals surface area contributed by atoms with Crippen LogP contribution in [0.1, 0.15) is 41.2 Å². The van der Waals surface area contributed by atoms with Crippen LogP contribution in [0.2, 0.25) is 0 Å². The molecular weight excluding hydrogens is 398 g/mol. The second kappa shape index (κ2) is 9.09. The largest absolute Gasteiger partial charge is 0.491 e. The second-order valence-electron chi connectivity index (χ2n) is 8.21. The number of nitrogens with zero attached hydrogens (tertiary/aromatic N) is 3. The van der Waals surface area contributed by atoms with Crippen molar-refractivity contribution < 1.29 is 23.5 Å². The summed E-state index contributed by atoms with van der Waals surface area (Å²) in [6, 6.07) is 8.05. The van der Waals surface area contributed by atoms with Gasteiger partial charge in [0.25, 0.3) is 11.8 Å². The van der Waals surface area contributed by atoms with E-state index in [4.69, 9.17) is 13.9 Å². The third-order valence-corrected chi connectivity index (χ3v) is 5.98. The number of likely N-dealkylation sites (N-methyl/N-ethyl adjacent to an activating group) is 1. The Morgan fingerprint density at radius 1 is 1.16 bits per heavy atom. The number of aryl methyl sites for hydroxylation is 2. The van der Waals surface area contributed by atoms with Crippen molar-refractivity contribution in [3.8, 4) is 5.75 Å². The summed E-state index contributed by atoms with van der Waals surface area (Å²) in [5.74, 6) is 0.970. The molecule has 8 heteroatoms. The Bertz CT molecular complexity index is 943. The van der Waals surface area contributed by atoms with Gasteiger partial charge in [0, 0.05) is 20.5 Å². The molecule has 3 heterocycles. The number of benzene rings is 1. The lowest BCUT2D eigenvalue weighted by molar-refractivity contribution is -0.169. The Hall–Kier alpha value is -2.87. The molecule has 1 saturated heterocycles. The second-order valence-corrected chi connectivity index (χ2v) is 8.21. The van der Waals surface area contributed by atoms with Crippen LogP contribution in [0.4, 0.5) is 0 Å². The number of morpholine rings is 1. The molecule has 166 valence electrons. The molecular formula is C23H29N3O5.